The molecule has 1 aromatic heterocycles. The number of sulfone groups is 1. The summed E-state index contributed by atoms with van der Waals surface area (Å²) in [4.78, 5) is 4.69. The summed E-state index contributed by atoms with van der Waals surface area (Å²) in [6.45, 7) is 2.06. The van der Waals surface area contributed by atoms with E-state index in [1.807, 2.05) is 30.3 Å². The Morgan fingerprint density at radius 3 is 2.73 bits per heavy atom. The molecule has 1 aliphatic heterocycles. The van der Waals surface area contributed by atoms with Gasteiger partial charge in [0.15, 0.2) is 5.82 Å². The Balaban J connectivity index is 1.52. The van der Waals surface area contributed by atoms with Gasteiger partial charge >= 0.3 is 0 Å². The molecular formula is C20H17ClF2N2O3S2. The van der Waals surface area contributed by atoms with Crippen LogP contribution < -0.4 is 4.74 Å². The van der Waals surface area contributed by atoms with Crippen LogP contribution in [0.4, 0.5) is 8.78 Å². The Hall–Kier alpha value is -2.07. The first-order chi connectivity index (χ1) is 14.4. The average Bonchev–Trinajstić information content (AvgIpc) is 3.39. The van der Waals surface area contributed by atoms with Gasteiger partial charge in [-0.25, -0.2) is 22.2 Å². The second-order valence-electron chi connectivity index (χ2n) is 6.86. The van der Waals surface area contributed by atoms with Crippen molar-refractivity contribution in [3.05, 3.63) is 70.2 Å². The number of aromatic nitrogens is 1. The fourth-order valence-electron chi connectivity index (χ4n) is 3.38. The van der Waals surface area contributed by atoms with Crippen molar-refractivity contribution in [3.63, 3.8) is 0 Å². The molecule has 0 N–H and O–H groups in total. The van der Waals surface area contributed by atoms with Crippen molar-refractivity contribution < 1.29 is 21.9 Å². The van der Waals surface area contributed by atoms with Crippen molar-refractivity contribution in [3.8, 4) is 5.75 Å². The lowest BCUT2D eigenvalue weighted by molar-refractivity contribution is 0.196. The fourth-order valence-corrected chi connectivity index (χ4v) is 5.94. The van der Waals surface area contributed by atoms with Crippen molar-refractivity contribution in [2.75, 3.05) is 13.1 Å². The van der Waals surface area contributed by atoms with Crippen LogP contribution >= 0.6 is 22.9 Å². The smallest absolute Gasteiger partial charge is 0.239 e. The lowest BCUT2D eigenvalue weighted by Gasteiger charge is -2.18. The molecule has 0 radical (unpaired) electrons. The molecular weight excluding hydrogens is 454 g/mol. The van der Waals surface area contributed by atoms with Gasteiger partial charge in [-0.05, 0) is 12.0 Å². The number of nitrogens with zero attached hydrogens (tertiary/aromatic N) is 2. The first-order valence-electron chi connectivity index (χ1n) is 9.11. The van der Waals surface area contributed by atoms with Crippen molar-refractivity contribution in [2.45, 2.75) is 28.3 Å². The third kappa shape index (κ3) is 4.20. The van der Waals surface area contributed by atoms with E-state index in [1.165, 1.54) is 11.6 Å². The normalized spacial score (nSPS) is 17.4. The predicted octanol–water partition coefficient (Wildman–Crippen LogP) is 4.56. The standard InChI is InChI=1S/C20H17ClF2N2O3S2/c21-17-16(28-14-6-8-25(12-14)11-13-4-2-1-3-5-13)10-15(22)19(18(17)23)30(26,27)20-24-7-9-29-20/h1-5,7,9-10,14H,6,8,11-12H2/t14-/m0/s1. The lowest BCUT2D eigenvalue weighted by atomic mass is 10.2. The number of halogens is 3. The summed E-state index contributed by atoms with van der Waals surface area (Å²) < 4.78 is 59.8. The first-order valence-corrected chi connectivity index (χ1v) is 11.9. The highest BCUT2D eigenvalue weighted by Crippen LogP contribution is 2.37. The number of thiazole rings is 1. The molecule has 0 amide bonds. The van der Waals surface area contributed by atoms with Crippen LogP contribution in [0.25, 0.3) is 0 Å². The monoisotopic (exact) mass is 470 g/mol. The quantitative estimate of drug-likeness (QED) is 0.494. The lowest BCUT2D eigenvalue weighted by Crippen LogP contribution is -2.24. The van der Waals surface area contributed by atoms with Crippen molar-refractivity contribution in [1.29, 1.82) is 0 Å². The molecule has 1 fully saturated rings. The van der Waals surface area contributed by atoms with Crippen LogP contribution in [-0.2, 0) is 16.4 Å². The fraction of sp³-hybridized carbons (Fsp3) is 0.250. The minimum absolute atomic E-state index is 0.212. The van der Waals surface area contributed by atoms with E-state index in [9.17, 15) is 17.2 Å². The highest BCUT2D eigenvalue weighted by molar-refractivity contribution is 7.93. The zero-order valence-electron chi connectivity index (χ0n) is 15.6. The molecule has 0 aliphatic carbocycles. The first kappa shape index (κ1) is 21.2. The highest BCUT2D eigenvalue weighted by atomic mass is 35.5. The third-order valence-corrected chi connectivity index (χ3v) is 8.10. The second kappa shape index (κ2) is 8.58. The molecule has 5 nitrogen and oxygen atoms in total. The van der Waals surface area contributed by atoms with E-state index in [0.29, 0.717) is 13.0 Å². The maximum absolute atomic E-state index is 14.8. The number of ether oxygens (including phenoxy) is 1. The second-order valence-corrected chi connectivity index (χ2v) is 10.2. The molecule has 2 heterocycles. The summed E-state index contributed by atoms with van der Waals surface area (Å²) >= 11 is 6.79. The Bertz CT molecular complexity index is 1140. The molecule has 0 spiro atoms. The van der Waals surface area contributed by atoms with Crippen LogP contribution in [0.3, 0.4) is 0 Å². The summed E-state index contributed by atoms with van der Waals surface area (Å²) in [5.74, 6) is -2.85. The number of benzene rings is 2. The zero-order valence-corrected chi connectivity index (χ0v) is 18.0. The number of hydrogen-bond acceptors (Lipinski definition) is 6. The van der Waals surface area contributed by atoms with Gasteiger partial charge < -0.3 is 4.74 Å². The number of likely N-dealkylation sites (tertiary alicyclic amines) is 1. The van der Waals surface area contributed by atoms with Crippen LogP contribution in [0.5, 0.6) is 5.75 Å². The van der Waals surface area contributed by atoms with Gasteiger partial charge in [0.2, 0.25) is 14.2 Å². The van der Waals surface area contributed by atoms with Crippen LogP contribution in [0.1, 0.15) is 12.0 Å². The highest BCUT2D eigenvalue weighted by Gasteiger charge is 2.33. The molecule has 0 unspecified atom stereocenters. The third-order valence-electron chi connectivity index (χ3n) is 4.76. The zero-order chi connectivity index (χ0) is 21.3. The molecule has 3 aromatic rings. The molecule has 1 atom stereocenters. The number of hydrogen-bond donors (Lipinski definition) is 0. The molecule has 1 aliphatic rings. The van der Waals surface area contributed by atoms with Crippen molar-refractivity contribution >= 4 is 32.8 Å². The molecule has 2 aromatic carbocycles. The maximum atomic E-state index is 14.8. The summed E-state index contributed by atoms with van der Waals surface area (Å²) in [5, 5.41) is 0.844. The number of rotatable bonds is 6. The van der Waals surface area contributed by atoms with E-state index in [4.69, 9.17) is 16.3 Å². The van der Waals surface area contributed by atoms with E-state index in [1.54, 1.807) is 0 Å². The topological polar surface area (TPSA) is 59.5 Å². The molecule has 30 heavy (non-hydrogen) atoms. The minimum atomic E-state index is -4.46. The summed E-state index contributed by atoms with van der Waals surface area (Å²) in [5.41, 5.74) is 1.16. The van der Waals surface area contributed by atoms with E-state index in [2.05, 4.69) is 9.88 Å². The van der Waals surface area contributed by atoms with Crippen molar-refractivity contribution in [1.82, 2.24) is 9.88 Å². The van der Waals surface area contributed by atoms with Gasteiger partial charge in [-0.3, -0.25) is 4.90 Å². The van der Waals surface area contributed by atoms with Crippen LogP contribution in [-0.4, -0.2) is 37.5 Å². The Morgan fingerprint density at radius 1 is 1.27 bits per heavy atom. The van der Waals surface area contributed by atoms with Gasteiger partial charge in [-0.1, -0.05) is 41.9 Å². The molecule has 158 valence electrons. The van der Waals surface area contributed by atoms with Crippen LogP contribution in [0, 0.1) is 11.6 Å². The molecule has 0 bridgehead atoms. The van der Waals surface area contributed by atoms with Gasteiger partial charge in [0.05, 0.1) is 0 Å². The van der Waals surface area contributed by atoms with Gasteiger partial charge in [0.1, 0.15) is 27.6 Å². The maximum Gasteiger partial charge on any atom is 0.239 e. The van der Waals surface area contributed by atoms with Crippen LogP contribution in [0.2, 0.25) is 5.02 Å². The van der Waals surface area contributed by atoms with Gasteiger partial charge in [0, 0.05) is 37.3 Å². The molecule has 10 heteroatoms. The Kier molecular flexibility index (Phi) is 6.06. The van der Waals surface area contributed by atoms with E-state index in [-0.39, 0.29) is 11.9 Å². The summed E-state index contributed by atoms with van der Waals surface area (Å²) in [6, 6.07) is 10.8. The largest absolute Gasteiger partial charge is 0.487 e. The van der Waals surface area contributed by atoms with E-state index < -0.39 is 35.7 Å². The SMILES string of the molecule is O=S(=O)(c1nccs1)c1c(F)cc(O[C@H]2CCN(Cc3ccccc3)C2)c(Cl)c1F. The van der Waals surface area contributed by atoms with E-state index in [0.717, 1.165) is 36.1 Å². The Morgan fingerprint density at radius 2 is 2.03 bits per heavy atom. The summed E-state index contributed by atoms with van der Waals surface area (Å²) in [6.07, 6.45) is 1.59. The van der Waals surface area contributed by atoms with Gasteiger partial charge in [-0.15, -0.1) is 11.3 Å². The molecule has 1 saturated heterocycles. The Labute approximate surface area is 181 Å². The molecule has 4 rings (SSSR count). The van der Waals surface area contributed by atoms with E-state index >= 15 is 0 Å². The minimum Gasteiger partial charge on any atom is -0.487 e. The van der Waals surface area contributed by atoms with Gasteiger partial charge in [-0.2, -0.15) is 0 Å². The van der Waals surface area contributed by atoms with Gasteiger partial charge in [0.25, 0.3) is 0 Å². The molecule has 0 saturated carbocycles. The predicted molar refractivity (Wildman–Crippen MR) is 110 cm³/mol. The van der Waals surface area contributed by atoms with Crippen molar-refractivity contribution in [2.24, 2.45) is 0 Å². The average molecular weight is 471 g/mol. The summed E-state index contributed by atoms with van der Waals surface area (Å²) in [7, 11) is -4.46. The van der Waals surface area contributed by atoms with Crippen LogP contribution in [0.15, 0.2) is 57.2 Å².